The first kappa shape index (κ1) is 11.0. The highest BCUT2D eigenvalue weighted by Crippen LogP contribution is 2.14. The van der Waals surface area contributed by atoms with E-state index in [2.05, 4.69) is 0 Å². The Hall–Kier alpha value is -1.06. The van der Waals surface area contributed by atoms with Crippen LogP contribution in [0, 0.1) is 5.92 Å². The number of hydrogen-bond acceptors (Lipinski definition) is 3. The molecule has 3 nitrogen and oxygen atoms in total. The van der Waals surface area contributed by atoms with Gasteiger partial charge in [0, 0.05) is 12.5 Å². The lowest BCUT2D eigenvalue weighted by Crippen LogP contribution is -2.12. The van der Waals surface area contributed by atoms with Crippen molar-refractivity contribution >= 4 is 0 Å². The van der Waals surface area contributed by atoms with Crippen molar-refractivity contribution in [3.8, 4) is 5.75 Å². The van der Waals surface area contributed by atoms with Gasteiger partial charge in [-0.25, -0.2) is 0 Å². The molecule has 0 bridgehead atoms. The van der Waals surface area contributed by atoms with E-state index >= 15 is 0 Å². The van der Waals surface area contributed by atoms with E-state index in [4.69, 9.17) is 14.9 Å². The number of hydrogen-bond donors (Lipinski definition) is 2. The topological polar surface area (TPSA) is 49.7 Å². The molecule has 1 unspecified atom stereocenters. The Bertz CT molecular complexity index is 273. The molecule has 0 saturated carbocycles. The Morgan fingerprint density at radius 1 is 1.36 bits per heavy atom. The zero-order valence-electron chi connectivity index (χ0n) is 8.31. The maximum atomic E-state index is 8.89. The minimum absolute atomic E-state index is 0.0206. The summed E-state index contributed by atoms with van der Waals surface area (Å²) in [5.74, 6) is 0.865. The van der Waals surface area contributed by atoms with Gasteiger partial charge < -0.3 is 14.9 Å². The third-order valence-electron chi connectivity index (χ3n) is 1.93. The second-order valence-corrected chi connectivity index (χ2v) is 3.40. The van der Waals surface area contributed by atoms with E-state index < -0.39 is 0 Å². The number of ether oxygens (including phenoxy) is 1. The summed E-state index contributed by atoms with van der Waals surface area (Å²) in [5.41, 5.74) is 0.833. The molecule has 0 aromatic heterocycles. The molecule has 0 aliphatic heterocycles. The molecule has 0 fully saturated rings. The van der Waals surface area contributed by atoms with Crippen LogP contribution < -0.4 is 4.74 Å². The van der Waals surface area contributed by atoms with Crippen LogP contribution in [0.1, 0.15) is 12.5 Å². The van der Waals surface area contributed by atoms with Crippen molar-refractivity contribution in [2.24, 2.45) is 5.92 Å². The summed E-state index contributed by atoms with van der Waals surface area (Å²) in [7, 11) is 0. The molecule has 78 valence electrons. The fourth-order valence-corrected chi connectivity index (χ4v) is 1.02. The van der Waals surface area contributed by atoms with Crippen LogP contribution in [0.2, 0.25) is 0 Å². The quantitative estimate of drug-likeness (QED) is 0.743. The van der Waals surface area contributed by atoms with Gasteiger partial charge in [-0.2, -0.15) is 0 Å². The van der Waals surface area contributed by atoms with Crippen molar-refractivity contribution in [2.45, 2.75) is 13.5 Å². The Labute approximate surface area is 84.0 Å². The van der Waals surface area contributed by atoms with Crippen LogP contribution in [0.4, 0.5) is 0 Å². The minimum Gasteiger partial charge on any atom is -0.493 e. The van der Waals surface area contributed by atoms with Gasteiger partial charge in [0.25, 0.3) is 0 Å². The van der Waals surface area contributed by atoms with Gasteiger partial charge in [-0.1, -0.05) is 19.1 Å². The molecule has 1 rings (SSSR count). The molecule has 0 radical (unpaired) electrons. The van der Waals surface area contributed by atoms with Crippen molar-refractivity contribution < 1.29 is 14.9 Å². The zero-order chi connectivity index (χ0) is 10.4. The Morgan fingerprint density at radius 2 is 2.14 bits per heavy atom. The second kappa shape index (κ2) is 5.62. The Morgan fingerprint density at radius 3 is 2.79 bits per heavy atom. The average molecular weight is 196 g/mol. The van der Waals surface area contributed by atoms with Crippen LogP contribution in [0.25, 0.3) is 0 Å². The first-order valence-corrected chi connectivity index (χ1v) is 4.69. The van der Waals surface area contributed by atoms with E-state index in [0.717, 1.165) is 11.3 Å². The normalized spacial score (nSPS) is 12.5. The summed E-state index contributed by atoms with van der Waals surface area (Å²) >= 11 is 0. The predicted octanol–water partition coefficient (Wildman–Crippen LogP) is 1.19. The van der Waals surface area contributed by atoms with Crippen LogP contribution in [-0.4, -0.2) is 23.4 Å². The Kier molecular flexibility index (Phi) is 4.43. The fourth-order valence-electron chi connectivity index (χ4n) is 1.02. The lowest BCUT2D eigenvalue weighted by molar-refractivity contribution is 0.174. The van der Waals surface area contributed by atoms with E-state index in [1.165, 1.54) is 0 Å². The van der Waals surface area contributed by atoms with Gasteiger partial charge in [0.15, 0.2) is 0 Å². The molecule has 3 heteroatoms. The molecule has 0 amide bonds. The molecule has 1 aromatic rings. The maximum Gasteiger partial charge on any atom is 0.119 e. The summed E-state index contributed by atoms with van der Waals surface area (Å²) in [6, 6.07) is 7.31. The van der Waals surface area contributed by atoms with Gasteiger partial charge in [-0.05, 0) is 17.7 Å². The van der Waals surface area contributed by atoms with Crippen molar-refractivity contribution in [1.82, 2.24) is 0 Å². The third kappa shape index (κ3) is 3.36. The largest absolute Gasteiger partial charge is 0.493 e. The number of rotatable bonds is 5. The lowest BCUT2D eigenvalue weighted by atomic mass is 10.2. The summed E-state index contributed by atoms with van der Waals surface area (Å²) in [5, 5.41) is 17.7. The molecule has 0 aliphatic carbocycles. The van der Waals surface area contributed by atoms with Gasteiger partial charge >= 0.3 is 0 Å². The summed E-state index contributed by atoms with van der Waals surface area (Å²) in [4.78, 5) is 0. The van der Waals surface area contributed by atoms with Crippen LogP contribution in [-0.2, 0) is 6.61 Å². The molecule has 2 N–H and O–H groups in total. The van der Waals surface area contributed by atoms with E-state index in [0.29, 0.717) is 6.61 Å². The second-order valence-electron chi connectivity index (χ2n) is 3.40. The molecule has 14 heavy (non-hydrogen) atoms. The molecular weight excluding hydrogens is 180 g/mol. The number of aliphatic hydroxyl groups is 2. The number of aliphatic hydroxyl groups excluding tert-OH is 2. The van der Waals surface area contributed by atoms with Crippen LogP contribution in [0.3, 0.4) is 0 Å². The monoisotopic (exact) mass is 196 g/mol. The molecule has 0 spiro atoms. The molecule has 1 atom stereocenters. The Balaban J connectivity index is 2.50. The highest BCUT2D eigenvalue weighted by molar-refractivity contribution is 5.27. The third-order valence-corrected chi connectivity index (χ3v) is 1.93. The number of benzene rings is 1. The highest BCUT2D eigenvalue weighted by Gasteiger charge is 2.01. The summed E-state index contributed by atoms with van der Waals surface area (Å²) in [6.07, 6.45) is 0. The summed E-state index contributed by atoms with van der Waals surface area (Å²) in [6.45, 7) is 2.55. The van der Waals surface area contributed by atoms with E-state index in [9.17, 15) is 0 Å². The van der Waals surface area contributed by atoms with E-state index in [-0.39, 0.29) is 19.1 Å². The van der Waals surface area contributed by atoms with E-state index in [1.54, 1.807) is 6.07 Å². The van der Waals surface area contributed by atoms with Crippen LogP contribution >= 0.6 is 0 Å². The van der Waals surface area contributed by atoms with Crippen LogP contribution in [0.5, 0.6) is 5.75 Å². The van der Waals surface area contributed by atoms with Gasteiger partial charge in [-0.3, -0.25) is 0 Å². The fraction of sp³-hybridized carbons (Fsp3) is 0.455. The minimum atomic E-state index is 0.0206. The van der Waals surface area contributed by atoms with Gasteiger partial charge in [0.2, 0.25) is 0 Å². The van der Waals surface area contributed by atoms with Gasteiger partial charge in [0.05, 0.1) is 13.2 Å². The predicted molar refractivity (Wildman–Crippen MR) is 54.1 cm³/mol. The molecule has 0 saturated heterocycles. The first-order chi connectivity index (χ1) is 6.76. The van der Waals surface area contributed by atoms with Gasteiger partial charge in [-0.15, -0.1) is 0 Å². The highest BCUT2D eigenvalue weighted by atomic mass is 16.5. The SMILES string of the molecule is CC(CO)COc1cccc(CO)c1. The molecule has 0 aliphatic rings. The lowest BCUT2D eigenvalue weighted by Gasteiger charge is -2.10. The smallest absolute Gasteiger partial charge is 0.119 e. The van der Waals surface area contributed by atoms with Crippen molar-refractivity contribution in [2.75, 3.05) is 13.2 Å². The summed E-state index contributed by atoms with van der Waals surface area (Å²) < 4.78 is 5.43. The molecular formula is C11H16O3. The molecule has 0 heterocycles. The standard InChI is InChI=1S/C11H16O3/c1-9(6-12)8-14-11-4-2-3-10(5-11)7-13/h2-5,9,12-13H,6-8H2,1H3. The molecule has 1 aromatic carbocycles. The maximum absolute atomic E-state index is 8.89. The van der Waals surface area contributed by atoms with Crippen molar-refractivity contribution in [3.05, 3.63) is 29.8 Å². The first-order valence-electron chi connectivity index (χ1n) is 4.69. The van der Waals surface area contributed by atoms with E-state index in [1.807, 2.05) is 25.1 Å². The average Bonchev–Trinajstić information content (AvgIpc) is 2.26. The van der Waals surface area contributed by atoms with Crippen LogP contribution in [0.15, 0.2) is 24.3 Å². The van der Waals surface area contributed by atoms with Gasteiger partial charge in [0.1, 0.15) is 5.75 Å². The van der Waals surface area contributed by atoms with Crippen molar-refractivity contribution in [3.63, 3.8) is 0 Å². The van der Waals surface area contributed by atoms with Crippen molar-refractivity contribution in [1.29, 1.82) is 0 Å². The zero-order valence-corrected chi connectivity index (χ0v) is 8.31.